The van der Waals surface area contributed by atoms with Gasteiger partial charge in [-0.25, -0.2) is 8.42 Å². The lowest BCUT2D eigenvalue weighted by Gasteiger charge is -2.15. The summed E-state index contributed by atoms with van der Waals surface area (Å²) in [6.07, 6.45) is 1.41. The van der Waals surface area contributed by atoms with E-state index in [2.05, 4.69) is 14.9 Å². The van der Waals surface area contributed by atoms with Crippen LogP contribution in [0.5, 0.6) is 11.5 Å². The molecule has 4 rings (SSSR count). The quantitative estimate of drug-likeness (QED) is 0.890. The summed E-state index contributed by atoms with van der Waals surface area (Å²) in [5, 5.41) is 6.68. The molecule has 2 N–H and O–H groups in total. The van der Waals surface area contributed by atoms with Crippen LogP contribution in [0.3, 0.4) is 0 Å². The van der Waals surface area contributed by atoms with E-state index in [4.69, 9.17) is 9.47 Å². The van der Waals surface area contributed by atoms with Gasteiger partial charge in [-0.2, -0.15) is 5.10 Å². The second kappa shape index (κ2) is 4.89. The number of fused-ring (bicyclic) bond motifs is 2. The molecule has 0 bridgehead atoms. The molecular weight excluding hydrogens is 318 g/mol. The van der Waals surface area contributed by atoms with Gasteiger partial charge in [-0.05, 0) is 19.9 Å². The van der Waals surface area contributed by atoms with Crippen LogP contribution in [0.25, 0.3) is 0 Å². The normalized spacial score (nSPS) is 15.7. The molecule has 122 valence electrons. The summed E-state index contributed by atoms with van der Waals surface area (Å²) in [6, 6.07) is 1.96. The van der Waals surface area contributed by atoms with Crippen molar-refractivity contribution in [3.05, 3.63) is 28.6 Å². The number of benzene rings is 1. The van der Waals surface area contributed by atoms with E-state index in [-0.39, 0.29) is 4.90 Å². The van der Waals surface area contributed by atoms with Crippen molar-refractivity contribution in [2.24, 2.45) is 0 Å². The highest BCUT2D eigenvalue weighted by atomic mass is 32.2. The van der Waals surface area contributed by atoms with Crippen LogP contribution in [0.1, 0.15) is 22.5 Å². The van der Waals surface area contributed by atoms with E-state index in [1.54, 1.807) is 13.8 Å². The van der Waals surface area contributed by atoms with Gasteiger partial charge in [-0.3, -0.25) is 9.82 Å². The topological polar surface area (TPSA) is 93.3 Å². The molecule has 2 aliphatic rings. The molecule has 8 heteroatoms. The van der Waals surface area contributed by atoms with Crippen molar-refractivity contribution in [2.45, 2.75) is 31.6 Å². The highest BCUT2D eigenvalue weighted by Crippen LogP contribution is 2.45. The minimum absolute atomic E-state index is 0.181. The van der Waals surface area contributed by atoms with E-state index >= 15 is 0 Å². The lowest BCUT2D eigenvalue weighted by Crippen LogP contribution is -2.16. The van der Waals surface area contributed by atoms with Crippen molar-refractivity contribution in [1.29, 1.82) is 0 Å². The SMILES string of the molecule is Cc1n[nH]c(C)c1S(=O)(=O)Nc1c2c(cc3c1OCC3)OCC2. The third-order valence-corrected chi connectivity index (χ3v) is 5.83. The second-order valence-corrected chi connectivity index (χ2v) is 7.40. The highest BCUT2D eigenvalue weighted by Gasteiger charge is 2.31. The van der Waals surface area contributed by atoms with Crippen LogP contribution in [-0.4, -0.2) is 31.8 Å². The molecule has 23 heavy (non-hydrogen) atoms. The van der Waals surface area contributed by atoms with Crippen molar-refractivity contribution in [2.75, 3.05) is 17.9 Å². The summed E-state index contributed by atoms with van der Waals surface area (Å²) in [7, 11) is -3.75. The predicted molar refractivity (Wildman–Crippen MR) is 83.7 cm³/mol. The van der Waals surface area contributed by atoms with Crippen molar-refractivity contribution in [1.82, 2.24) is 10.2 Å². The van der Waals surface area contributed by atoms with Crippen molar-refractivity contribution < 1.29 is 17.9 Å². The Hall–Kier alpha value is -2.22. The van der Waals surface area contributed by atoms with Crippen LogP contribution in [0.15, 0.2) is 11.0 Å². The van der Waals surface area contributed by atoms with Crippen molar-refractivity contribution in [3.8, 4) is 11.5 Å². The molecule has 0 fully saturated rings. The van der Waals surface area contributed by atoms with E-state index in [0.717, 1.165) is 23.3 Å². The Morgan fingerprint density at radius 1 is 1.22 bits per heavy atom. The second-order valence-electron chi connectivity index (χ2n) is 5.78. The Balaban J connectivity index is 1.84. The first-order chi connectivity index (χ1) is 11.0. The zero-order valence-electron chi connectivity index (χ0n) is 12.9. The fourth-order valence-corrected chi connectivity index (χ4v) is 4.69. The fraction of sp³-hybridized carbons (Fsp3) is 0.400. The Labute approximate surface area is 134 Å². The number of aromatic nitrogens is 2. The standard InChI is InChI=1S/C15H17N3O4S/c1-8-15(9(2)17-16-8)23(19,20)18-13-11-4-6-21-12(11)7-10-3-5-22-14(10)13/h7,18H,3-6H2,1-2H3,(H,16,17). The van der Waals surface area contributed by atoms with Crippen molar-refractivity contribution in [3.63, 3.8) is 0 Å². The number of ether oxygens (including phenoxy) is 2. The van der Waals surface area contributed by atoms with Crippen LogP contribution >= 0.6 is 0 Å². The number of nitrogens with zero attached hydrogens (tertiary/aromatic N) is 1. The Bertz CT molecular complexity index is 850. The van der Waals surface area contributed by atoms with Gasteiger partial charge in [0.2, 0.25) is 0 Å². The molecule has 3 heterocycles. The maximum atomic E-state index is 12.8. The van der Waals surface area contributed by atoms with Crippen molar-refractivity contribution >= 4 is 15.7 Å². The van der Waals surface area contributed by atoms with Gasteiger partial charge >= 0.3 is 0 Å². The number of sulfonamides is 1. The molecular formula is C15H17N3O4S. The number of hydrogen-bond donors (Lipinski definition) is 2. The Morgan fingerprint density at radius 3 is 2.74 bits per heavy atom. The molecule has 0 saturated heterocycles. The molecule has 2 aliphatic heterocycles. The van der Waals surface area contributed by atoms with E-state index in [9.17, 15) is 8.42 Å². The molecule has 0 spiro atoms. The van der Waals surface area contributed by atoms with Crippen LogP contribution in [0.4, 0.5) is 5.69 Å². The first-order valence-corrected chi connectivity index (χ1v) is 8.94. The lowest BCUT2D eigenvalue weighted by molar-refractivity contribution is 0.356. The summed E-state index contributed by atoms with van der Waals surface area (Å²) < 4.78 is 39.7. The smallest absolute Gasteiger partial charge is 0.265 e. The number of aryl methyl sites for hydroxylation is 2. The number of hydrogen-bond acceptors (Lipinski definition) is 5. The van der Waals surface area contributed by atoms with Crippen LogP contribution < -0.4 is 14.2 Å². The first kappa shape index (κ1) is 14.4. The largest absolute Gasteiger partial charge is 0.493 e. The summed E-state index contributed by atoms with van der Waals surface area (Å²) in [4.78, 5) is 0.181. The minimum Gasteiger partial charge on any atom is -0.493 e. The predicted octanol–water partition coefficient (Wildman–Crippen LogP) is 1.70. The third kappa shape index (κ3) is 2.16. The van der Waals surface area contributed by atoms with Crippen LogP contribution in [0, 0.1) is 13.8 Å². The third-order valence-electron chi connectivity index (χ3n) is 4.22. The average Bonchev–Trinajstić information content (AvgIpc) is 3.18. The van der Waals surface area contributed by atoms with Crippen LogP contribution in [-0.2, 0) is 22.9 Å². The van der Waals surface area contributed by atoms with Gasteiger partial charge in [-0.15, -0.1) is 0 Å². The number of nitrogens with one attached hydrogen (secondary N) is 2. The number of aromatic amines is 1. The van der Waals surface area contributed by atoms with Gasteiger partial charge in [0.25, 0.3) is 10.0 Å². The molecule has 0 radical (unpaired) electrons. The monoisotopic (exact) mass is 335 g/mol. The maximum Gasteiger partial charge on any atom is 0.265 e. The molecule has 1 aromatic heterocycles. The lowest BCUT2D eigenvalue weighted by atomic mass is 10.0. The van der Waals surface area contributed by atoms with Gasteiger partial charge in [0.05, 0.1) is 30.3 Å². The molecule has 2 aromatic rings. The first-order valence-electron chi connectivity index (χ1n) is 7.46. The van der Waals surface area contributed by atoms with Gasteiger partial charge in [0.15, 0.2) is 0 Å². The minimum atomic E-state index is -3.75. The van der Waals surface area contributed by atoms with E-state index in [1.165, 1.54) is 0 Å². The molecule has 7 nitrogen and oxygen atoms in total. The summed E-state index contributed by atoms with van der Waals surface area (Å²) in [5.41, 5.74) is 3.29. The van der Waals surface area contributed by atoms with Gasteiger partial charge < -0.3 is 9.47 Å². The molecule has 0 atom stereocenters. The average molecular weight is 335 g/mol. The zero-order valence-corrected chi connectivity index (χ0v) is 13.7. The van der Waals surface area contributed by atoms with E-state index in [0.29, 0.717) is 42.5 Å². The number of rotatable bonds is 3. The Kier molecular flexibility index (Phi) is 3.06. The highest BCUT2D eigenvalue weighted by molar-refractivity contribution is 7.92. The molecule has 0 aliphatic carbocycles. The molecule has 0 unspecified atom stereocenters. The van der Waals surface area contributed by atoms with Gasteiger partial charge in [-0.1, -0.05) is 0 Å². The summed E-state index contributed by atoms with van der Waals surface area (Å²) in [5.74, 6) is 1.37. The van der Waals surface area contributed by atoms with Gasteiger partial charge in [0, 0.05) is 24.0 Å². The molecule has 1 aromatic carbocycles. The molecule has 0 saturated carbocycles. The number of anilines is 1. The number of H-pyrrole nitrogens is 1. The Morgan fingerprint density at radius 2 is 2.00 bits per heavy atom. The van der Waals surface area contributed by atoms with E-state index < -0.39 is 10.0 Å². The van der Waals surface area contributed by atoms with Gasteiger partial charge in [0.1, 0.15) is 16.4 Å². The maximum absolute atomic E-state index is 12.8. The summed E-state index contributed by atoms with van der Waals surface area (Å²) >= 11 is 0. The van der Waals surface area contributed by atoms with Crippen LogP contribution in [0.2, 0.25) is 0 Å². The fourth-order valence-electron chi connectivity index (χ4n) is 3.22. The molecule has 0 amide bonds. The zero-order chi connectivity index (χ0) is 16.2. The van der Waals surface area contributed by atoms with E-state index in [1.807, 2.05) is 6.07 Å². The summed E-state index contributed by atoms with van der Waals surface area (Å²) in [6.45, 7) is 4.46.